The van der Waals surface area contributed by atoms with Crippen molar-refractivity contribution in [2.75, 3.05) is 26.2 Å². The first-order chi connectivity index (χ1) is 7.43. The first kappa shape index (κ1) is 13.0. The molecular formula is C13H28N2. The van der Waals surface area contributed by atoms with Gasteiger partial charge in [0.25, 0.3) is 0 Å². The average Bonchev–Trinajstić information content (AvgIpc) is 2.20. The van der Waals surface area contributed by atoms with E-state index in [1.54, 1.807) is 0 Å². The predicted octanol–water partition coefficient (Wildman–Crippen LogP) is 2.77. The minimum Gasteiger partial charge on any atom is -0.330 e. The Bertz CT molecular complexity index is 128. The Kier molecular flexibility index (Phi) is 7.94. The van der Waals surface area contributed by atoms with Gasteiger partial charge in [0.1, 0.15) is 0 Å². The van der Waals surface area contributed by atoms with Crippen molar-refractivity contribution in [2.24, 2.45) is 5.73 Å². The van der Waals surface area contributed by atoms with E-state index >= 15 is 0 Å². The molecular weight excluding hydrogens is 184 g/mol. The van der Waals surface area contributed by atoms with Gasteiger partial charge in [-0.05, 0) is 51.9 Å². The summed E-state index contributed by atoms with van der Waals surface area (Å²) in [4.78, 5) is 2.67. The number of nitrogens with zero attached hydrogens (tertiary/aromatic N) is 1. The lowest BCUT2D eigenvalue weighted by Crippen LogP contribution is -2.28. The minimum absolute atomic E-state index is 0.865. The number of rotatable bonds is 6. The van der Waals surface area contributed by atoms with Crippen molar-refractivity contribution in [3.05, 3.63) is 0 Å². The van der Waals surface area contributed by atoms with Crippen molar-refractivity contribution in [2.45, 2.75) is 57.8 Å². The Balaban J connectivity index is 1.97. The fourth-order valence-corrected chi connectivity index (χ4v) is 2.37. The molecule has 1 rings (SSSR count). The summed E-state index contributed by atoms with van der Waals surface area (Å²) >= 11 is 0. The maximum atomic E-state index is 5.48. The Morgan fingerprint density at radius 2 is 1.33 bits per heavy atom. The highest BCUT2D eigenvalue weighted by Gasteiger charge is 2.06. The van der Waals surface area contributed by atoms with Crippen LogP contribution in [0.2, 0.25) is 0 Å². The summed E-state index contributed by atoms with van der Waals surface area (Å²) in [5, 5.41) is 0. The number of hydrogen-bond acceptors (Lipinski definition) is 2. The predicted molar refractivity (Wildman–Crippen MR) is 67.0 cm³/mol. The number of nitrogens with two attached hydrogens (primary N) is 1. The third kappa shape index (κ3) is 6.91. The van der Waals surface area contributed by atoms with E-state index in [0.717, 1.165) is 6.54 Å². The van der Waals surface area contributed by atoms with Gasteiger partial charge in [0.2, 0.25) is 0 Å². The maximum absolute atomic E-state index is 5.48. The Labute approximate surface area is 95.2 Å². The monoisotopic (exact) mass is 212 g/mol. The van der Waals surface area contributed by atoms with Gasteiger partial charge in [-0.15, -0.1) is 0 Å². The van der Waals surface area contributed by atoms with E-state index in [4.69, 9.17) is 5.73 Å². The van der Waals surface area contributed by atoms with Crippen LogP contribution in [0.4, 0.5) is 0 Å². The largest absolute Gasteiger partial charge is 0.330 e. The van der Waals surface area contributed by atoms with Crippen LogP contribution >= 0.6 is 0 Å². The van der Waals surface area contributed by atoms with Crippen LogP contribution in [0.3, 0.4) is 0 Å². The summed E-state index contributed by atoms with van der Waals surface area (Å²) in [6, 6.07) is 0. The third-order valence-electron chi connectivity index (χ3n) is 3.38. The number of hydrogen-bond donors (Lipinski definition) is 1. The number of likely N-dealkylation sites (tertiary alicyclic amines) is 1. The molecule has 1 fully saturated rings. The molecule has 0 saturated carbocycles. The van der Waals surface area contributed by atoms with Crippen LogP contribution in [0.25, 0.3) is 0 Å². The molecule has 1 aliphatic heterocycles. The molecule has 0 aromatic carbocycles. The quantitative estimate of drug-likeness (QED) is 0.686. The fourth-order valence-electron chi connectivity index (χ4n) is 2.37. The lowest BCUT2D eigenvalue weighted by Gasteiger charge is -2.24. The zero-order valence-electron chi connectivity index (χ0n) is 10.2. The van der Waals surface area contributed by atoms with Crippen molar-refractivity contribution < 1.29 is 0 Å². The lowest BCUT2D eigenvalue weighted by atomic mass is 10.1. The summed E-state index contributed by atoms with van der Waals surface area (Å²) in [6.45, 7) is 4.88. The molecule has 1 saturated heterocycles. The summed E-state index contributed by atoms with van der Waals surface area (Å²) < 4.78 is 0. The molecule has 2 nitrogen and oxygen atoms in total. The van der Waals surface area contributed by atoms with Crippen LogP contribution < -0.4 is 5.73 Å². The highest BCUT2D eigenvalue weighted by atomic mass is 15.1. The first-order valence-corrected chi connectivity index (χ1v) is 6.86. The molecule has 15 heavy (non-hydrogen) atoms. The summed E-state index contributed by atoms with van der Waals surface area (Å²) in [7, 11) is 0. The average molecular weight is 212 g/mol. The molecule has 0 aliphatic carbocycles. The highest BCUT2D eigenvalue weighted by molar-refractivity contribution is 4.62. The Morgan fingerprint density at radius 3 is 2.00 bits per heavy atom. The molecule has 0 aromatic rings. The molecule has 0 spiro atoms. The molecule has 90 valence electrons. The molecule has 2 heteroatoms. The van der Waals surface area contributed by atoms with Crippen molar-refractivity contribution in [3.63, 3.8) is 0 Å². The SMILES string of the molecule is NCCCCCCN1CCCCCCC1. The van der Waals surface area contributed by atoms with Gasteiger partial charge >= 0.3 is 0 Å². The molecule has 0 aromatic heterocycles. The second-order valence-corrected chi connectivity index (χ2v) is 4.81. The molecule has 0 amide bonds. The molecule has 1 aliphatic rings. The Morgan fingerprint density at radius 1 is 0.733 bits per heavy atom. The molecule has 0 bridgehead atoms. The normalized spacial score (nSPS) is 19.8. The molecule has 0 radical (unpaired) electrons. The van der Waals surface area contributed by atoms with Crippen LogP contribution in [0.15, 0.2) is 0 Å². The van der Waals surface area contributed by atoms with Crippen molar-refractivity contribution in [1.29, 1.82) is 0 Å². The van der Waals surface area contributed by atoms with E-state index in [2.05, 4.69) is 4.90 Å². The third-order valence-corrected chi connectivity index (χ3v) is 3.38. The van der Waals surface area contributed by atoms with Crippen molar-refractivity contribution >= 4 is 0 Å². The van der Waals surface area contributed by atoms with Crippen LogP contribution in [0.5, 0.6) is 0 Å². The Hall–Kier alpha value is -0.0800. The summed E-state index contributed by atoms with van der Waals surface area (Å²) in [5.41, 5.74) is 5.48. The first-order valence-electron chi connectivity index (χ1n) is 6.86. The van der Waals surface area contributed by atoms with E-state index in [-0.39, 0.29) is 0 Å². The van der Waals surface area contributed by atoms with Crippen molar-refractivity contribution in [3.8, 4) is 0 Å². The molecule has 0 unspecified atom stereocenters. The lowest BCUT2D eigenvalue weighted by molar-refractivity contribution is 0.242. The minimum atomic E-state index is 0.865. The van der Waals surface area contributed by atoms with Crippen molar-refractivity contribution in [1.82, 2.24) is 4.90 Å². The van der Waals surface area contributed by atoms with E-state index in [9.17, 15) is 0 Å². The van der Waals surface area contributed by atoms with Gasteiger partial charge in [0.15, 0.2) is 0 Å². The zero-order chi connectivity index (χ0) is 10.8. The second-order valence-electron chi connectivity index (χ2n) is 4.81. The fraction of sp³-hybridized carbons (Fsp3) is 1.00. The van der Waals surface area contributed by atoms with Crippen LogP contribution in [-0.2, 0) is 0 Å². The summed E-state index contributed by atoms with van der Waals surface area (Å²) in [5.74, 6) is 0. The zero-order valence-corrected chi connectivity index (χ0v) is 10.2. The smallest absolute Gasteiger partial charge is 0.00187 e. The summed E-state index contributed by atoms with van der Waals surface area (Å²) in [6.07, 6.45) is 12.5. The van der Waals surface area contributed by atoms with Gasteiger partial charge in [-0.3, -0.25) is 0 Å². The van der Waals surface area contributed by atoms with E-state index < -0.39 is 0 Å². The highest BCUT2D eigenvalue weighted by Crippen LogP contribution is 2.11. The molecule has 0 atom stereocenters. The van der Waals surface area contributed by atoms with Gasteiger partial charge in [-0.1, -0.05) is 32.1 Å². The van der Waals surface area contributed by atoms with E-state index in [1.807, 2.05) is 0 Å². The maximum Gasteiger partial charge on any atom is -0.00187 e. The van der Waals surface area contributed by atoms with Gasteiger partial charge in [0.05, 0.1) is 0 Å². The molecule has 1 heterocycles. The van der Waals surface area contributed by atoms with Gasteiger partial charge in [-0.2, -0.15) is 0 Å². The van der Waals surface area contributed by atoms with E-state index in [1.165, 1.54) is 77.4 Å². The van der Waals surface area contributed by atoms with Gasteiger partial charge in [-0.25, -0.2) is 0 Å². The van der Waals surface area contributed by atoms with Crippen LogP contribution in [0, 0.1) is 0 Å². The standard InChI is InChI=1S/C13H28N2/c14-10-6-2-5-9-13-15-11-7-3-1-4-8-12-15/h1-14H2. The topological polar surface area (TPSA) is 29.3 Å². The second kappa shape index (κ2) is 9.17. The number of unbranched alkanes of at least 4 members (excludes halogenated alkanes) is 3. The van der Waals surface area contributed by atoms with Crippen LogP contribution in [-0.4, -0.2) is 31.1 Å². The van der Waals surface area contributed by atoms with E-state index in [0.29, 0.717) is 0 Å². The van der Waals surface area contributed by atoms with Gasteiger partial charge < -0.3 is 10.6 Å². The van der Waals surface area contributed by atoms with Crippen LogP contribution in [0.1, 0.15) is 57.8 Å². The van der Waals surface area contributed by atoms with Gasteiger partial charge in [0, 0.05) is 0 Å². The molecule has 2 N–H and O–H groups in total.